The lowest BCUT2D eigenvalue weighted by Crippen LogP contribution is -2.18. The minimum Gasteiger partial charge on any atom is -0.299 e. The highest BCUT2D eigenvalue weighted by molar-refractivity contribution is 14.1. The van der Waals surface area contributed by atoms with Crippen LogP contribution in [0, 0.1) is 3.57 Å². The maximum atomic E-state index is 3.49. The van der Waals surface area contributed by atoms with E-state index >= 15 is 0 Å². The van der Waals surface area contributed by atoms with Gasteiger partial charge >= 0.3 is 0 Å². The largest absolute Gasteiger partial charge is 0.299 e. The lowest BCUT2D eigenvalue weighted by molar-refractivity contribution is 0.330. The van der Waals surface area contributed by atoms with Crippen LogP contribution in [0.1, 0.15) is 24.0 Å². The Labute approximate surface area is 114 Å². The van der Waals surface area contributed by atoms with Gasteiger partial charge in [0.05, 0.1) is 0 Å². The minimum atomic E-state index is 0.951. The first kappa shape index (κ1) is 11.9. The highest BCUT2D eigenvalue weighted by Crippen LogP contribution is 2.20. The van der Waals surface area contributed by atoms with Crippen molar-refractivity contribution in [1.29, 1.82) is 0 Å². The Morgan fingerprint density at radius 2 is 2.00 bits per heavy atom. The molecule has 0 aliphatic carbocycles. The molecule has 0 atom stereocenters. The van der Waals surface area contributed by atoms with Crippen molar-refractivity contribution in [2.24, 2.45) is 0 Å². The van der Waals surface area contributed by atoms with Crippen molar-refractivity contribution < 1.29 is 0 Å². The number of nitrogens with zero attached hydrogens (tertiary/aromatic N) is 1. The first-order valence-electron chi connectivity index (χ1n) is 5.35. The molecule has 0 N–H and O–H groups in total. The molecular formula is C12H15BrIN. The first-order valence-corrected chi connectivity index (χ1v) is 7.55. The summed E-state index contributed by atoms with van der Waals surface area (Å²) in [5.74, 6) is 0. The van der Waals surface area contributed by atoms with Crippen LogP contribution in [0.4, 0.5) is 0 Å². The van der Waals surface area contributed by atoms with Gasteiger partial charge in [-0.05, 0) is 65.7 Å². The fraction of sp³-hybridized carbons (Fsp3) is 0.500. The van der Waals surface area contributed by atoms with E-state index in [1.54, 1.807) is 0 Å². The number of hydrogen-bond acceptors (Lipinski definition) is 1. The number of hydrogen-bond donors (Lipinski definition) is 0. The van der Waals surface area contributed by atoms with Crippen molar-refractivity contribution in [2.75, 3.05) is 13.1 Å². The molecule has 1 fully saturated rings. The van der Waals surface area contributed by atoms with E-state index in [4.69, 9.17) is 0 Å². The topological polar surface area (TPSA) is 3.24 Å². The molecule has 1 aromatic carbocycles. The van der Waals surface area contributed by atoms with E-state index in [0.29, 0.717) is 0 Å². The van der Waals surface area contributed by atoms with Crippen molar-refractivity contribution in [3.63, 3.8) is 0 Å². The Hall–Kier alpha value is 0.390. The monoisotopic (exact) mass is 379 g/mol. The number of benzene rings is 1. The SMILES string of the molecule is BrCc1ccc(CN2CCCC2)c(I)c1. The summed E-state index contributed by atoms with van der Waals surface area (Å²) in [5, 5.41) is 0.951. The van der Waals surface area contributed by atoms with Gasteiger partial charge in [0.1, 0.15) is 0 Å². The van der Waals surface area contributed by atoms with Crippen LogP contribution in [0.2, 0.25) is 0 Å². The van der Waals surface area contributed by atoms with Crippen LogP contribution < -0.4 is 0 Å². The van der Waals surface area contributed by atoms with Gasteiger partial charge in [-0.15, -0.1) is 0 Å². The second-order valence-corrected chi connectivity index (χ2v) is 5.77. The highest BCUT2D eigenvalue weighted by Gasteiger charge is 2.13. The summed E-state index contributed by atoms with van der Waals surface area (Å²) < 4.78 is 1.40. The Bertz CT molecular complexity index is 334. The fourth-order valence-electron chi connectivity index (χ4n) is 1.98. The average molecular weight is 380 g/mol. The predicted octanol–water partition coefficient (Wildman–Crippen LogP) is 3.78. The zero-order valence-electron chi connectivity index (χ0n) is 8.68. The van der Waals surface area contributed by atoms with E-state index < -0.39 is 0 Å². The molecule has 0 bridgehead atoms. The van der Waals surface area contributed by atoms with Gasteiger partial charge in [0, 0.05) is 15.4 Å². The molecule has 0 saturated carbocycles. The number of halogens is 2. The van der Waals surface area contributed by atoms with E-state index in [1.165, 1.54) is 40.6 Å². The van der Waals surface area contributed by atoms with Crippen LogP contribution in [0.15, 0.2) is 18.2 Å². The molecule has 82 valence electrons. The standard InChI is InChI=1S/C12H15BrIN/c13-8-10-3-4-11(12(14)7-10)9-15-5-1-2-6-15/h3-4,7H,1-2,5-6,8-9H2. The van der Waals surface area contributed by atoms with Crippen LogP contribution in [-0.2, 0) is 11.9 Å². The van der Waals surface area contributed by atoms with Gasteiger partial charge in [-0.2, -0.15) is 0 Å². The minimum absolute atomic E-state index is 0.951. The van der Waals surface area contributed by atoms with Gasteiger partial charge in [-0.1, -0.05) is 28.1 Å². The zero-order valence-corrected chi connectivity index (χ0v) is 12.4. The maximum absolute atomic E-state index is 3.49. The summed E-state index contributed by atoms with van der Waals surface area (Å²) in [6.07, 6.45) is 2.74. The van der Waals surface area contributed by atoms with Gasteiger partial charge in [-0.3, -0.25) is 4.90 Å². The average Bonchev–Trinajstić information content (AvgIpc) is 2.74. The molecule has 1 saturated heterocycles. The summed E-state index contributed by atoms with van der Waals surface area (Å²) in [4.78, 5) is 2.55. The summed E-state index contributed by atoms with van der Waals surface area (Å²) in [6.45, 7) is 3.67. The van der Waals surface area contributed by atoms with Crippen molar-refractivity contribution >= 4 is 38.5 Å². The molecule has 3 heteroatoms. The van der Waals surface area contributed by atoms with E-state index in [0.717, 1.165) is 11.9 Å². The number of likely N-dealkylation sites (tertiary alicyclic amines) is 1. The maximum Gasteiger partial charge on any atom is 0.0283 e. The van der Waals surface area contributed by atoms with Gasteiger partial charge in [0.25, 0.3) is 0 Å². The summed E-state index contributed by atoms with van der Waals surface area (Å²) in [7, 11) is 0. The van der Waals surface area contributed by atoms with Crippen molar-refractivity contribution in [1.82, 2.24) is 4.90 Å². The molecular weight excluding hydrogens is 365 g/mol. The van der Waals surface area contributed by atoms with E-state index in [-0.39, 0.29) is 0 Å². The third-order valence-electron chi connectivity index (χ3n) is 2.86. The summed E-state index contributed by atoms with van der Waals surface area (Å²) in [6, 6.07) is 6.78. The normalized spacial score (nSPS) is 17.2. The molecule has 0 amide bonds. The Balaban J connectivity index is 2.07. The first-order chi connectivity index (χ1) is 7.29. The molecule has 15 heavy (non-hydrogen) atoms. The quantitative estimate of drug-likeness (QED) is 0.570. The molecule has 1 aromatic rings. The zero-order chi connectivity index (χ0) is 10.7. The molecule has 1 aliphatic rings. The number of rotatable bonds is 3. The highest BCUT2D eigenvalue weighted by atomic mass is 127. The van der Waals surface area contributed by atoms with E-state index in [1.807, 2.05) is 0 Å². The van der Waals surface area contributed by atoms with Crippen molar-refractivity contribution in [3.8, 4) is 0 Å². The Morgan fingerprint density at radius 3 is 2.60 bits per heavy atom. The fourth-order valence-corrected chi connectivity index (χ4v) is 3.08. The lowest BCUT2D eigenvalue weighted by Gasteiger charge is -2.16. The Morgan fingerprint density at radius 1 is 1.27 bits per heavy atom. The smallest absolute Gasteiger partial charge is 0.0283 e. The molecule has 1 aliphatic heterocycles. The van der Waals surface area contributed by atoms with Crippen molar-refractivity contribution in [3.05, 3.63) is 32.9 Å². The van der Waals surface area contributed by atoms with E-state index in [2.05, 4.69) is 61.6 Å². The van der Waals surface area contributed by atoms with Gasteiger partial charge in [0.15, 0.2) is 0 Å². The van der Waals surface area contributed by atoms with Crippen LogP contribution in [0.3, 0.4) is 0 Å². The van der Waals surface area contributed by atoms with Crippen LogP contribution in [-0.4, -0.2) is 18.0 Å². The lowest BCUT2D eigenvalue weighted by atomic mass is 10.1. The molecule has 0 unspecified atom stereocenters. The van der Waals surface area contributed by atoms with Crippen LogP contribution >= 0.6 is 38.5 Å². The molecule has 1 heterocycles. The molecule has 0 aromatic heterocycles. The summed E-state index contributed by atoms with van der Waals surface area (Å²) >= 11 is 5.94. The second kappa shape index (κ2) is 5.64. The van der Waals surface area contributed by atoms with Crippen LogP contribution in [0.25, 0.3) is 0 Å². The van der Waals surface area contributed by atoms with Crippen molar-refractivity contribution in [2.45, 2.75) is 24.7 Å². The van der Waals surface area contributed by atoms with Gasteiger partial charge in [-0.25, -0.2) is 0 Å². The molecule has 2 rings (SSSR count). The second-order valence-electron chi connectivity index (χ2n) is 4.04. The van der Waals surface area contributed by atoms with Gasteiger partial charge in [0.2, 0.25) is 0 Å². The van der Waals surface area contributed by atoms with Crippen LogP contribution in [0.5, 0.6) is 0 Å². The molecule has 0 spiro atoms. The third-order valence-corrected chi connectivity index (χ3v) is 4.52. The molecule has 0 radical (unpaired) electrons. The summed E-state index contributed by atoms with van der Waals surface area (Å²) in [5.41, 5.74) is 2.84. The Kier molecular flexibility index (Phi) is 4.46. The number of alkyl halides is 1. The molecule has 1 nitrogen and oxygen atoms in total. The predicted molar refractivity (Wildman–Crippen MR) is 76.3 cm³/mol. The van der Waals surface area contributed by atoms with E-state index in [9.17, 15) is 0 Å². The van der Waals surface area contributed by atoms with Gasteiger partial charge < -0.3 is 0 Å². The third kappa shape index (κ3) is 3.17.